The maximum atomic E-state index is 11.3. The number of hydrogen-bond acceptors (Lipinski definition) is 8. The van der Waals surface area contributed by atoms with Gasteiger partial charge in [-0.15, -0.1) is 10.2 Å². The van der Waals surface area contributed by atoms with Crippen molar-refractivity contribution < 1.29 is 19.4 Å². The lowest BCUT2D eigenvalue weighted by Crippen LogP contribution is -2.18. The van der Waals surface area contributed by atoms with Crippen LogP contribution in [0.3, 0.4) is 0 Å². The molecule has 5 rings (SSSR count). The number of carbonyl (C=O) groups is 1. The highest BCUT2D eigenvalue weighted by atomic mass is 16.4. The predicted octanol–water partition coefficient (Wildman–Crippen LogP) is 5.64. The number of nitrogens with zero attached hydrogens (tertiary/aromatic N) is 6. The lowest BCUT2D eigenvalue weighted by Gasteiger charge is -2.28. The van der Waals surface area contributed by atoms with Gasteiger partial charge in [0, 0.05) is 18.5 Å². The number of carboxylic acid groups (broad SMARTS) is 1. The smallest absolute Gasteiger partial charge is 0.339 e. The number of aromatic carboxylic acids is 1. The molecule has 1 aromatic carbocycles. The SMILES string of the molecule is N#CC[C@H]1CC[C@H](n2c(/N=N/c3ccc(O)c(C(=O)O)c3)nc3cnc4ccoc4c32)CC1. The van der Waals surface area contributed by atoms with Crippen molar-refractivity contribution in [1.82, 2.24) is 14.5 Å². The van der Waals surface area contributed by atoms with Crippen molar-refractivity contribution in [2.75, 3.05) is 0 Å². The summed E-state index contributed by atoms with van der Waals surface area (Å²) in [4.78, 5) is 20.3. The Balaban J connectivity index is 1.58. The van der Waals surface area contributed by atoms with Gasteiger partial charge in [0.2, 0.25) is 0 Å². The van der Waals surface area contributed by atoms with Crippen molar-refractivity contribution in [1.29, 1.82) is 5.26 Å². The van der Waals surface area contributed by atoms with E-state index < -0.39 is 5.97 Å². The van der Waals surface area contributed by atoms with Gasteiger partial charge in [0.25, 0.3) is 5.95 Å². The molecule has 1 fully saturated rings. The van der Waals surface area contributed by atoms with Crippen molar-refractivity contribution in [2.45, 2.75) is 38.1 Å². The second-order valence-electron chi connectivity index (χ2n) is 8.15. The topological polar surface area (TPSA) is 150 Å². The molecule has 0 radical (unpaired) electrons. The first-order chi connectivity index (χ1) is 16.0. The Morgan fingerprint density at radius 1 is 1.21 bits per heavy atom. The third-order valence-electron chi connectivity index (χ3n) is 6.13. The molecule has 0 atom stereocenters. The van der Waals surface area contributed by atoms with E-state index in [1.54, 1.807) is 18.5 Å². The van der Waals surface area contributed by atoms with Crippen LogP contribution in [0.15, 0.2) is 51.4 Å². The van der Waals surface area contributed by atoms with Crippen LogP contribution in [-0.2, 0) is 0 Å². The first kappa shape index (κ1) is 20.6. The van der Waals surface area contributed by atoms with Gasteiger partial charge in [0.15, 0.2) is 5.58 Å². The van der Waals surface area contributed by atoms with Gasteiger partial charge in [-0.1, -0.05) is 0 Å². The van der Waals surface area contributed by atoms with Gasteiger partial charge in [0.1, 0.15) is 27.9 Å². The molecule has 166 valence electrons. The number of imidazole rings is 1. The van der Waals surface area contributed by atoms with Gasteiger partial charge < -0.3 is 19.2 Å². The predicted molar refractivity (Wildman–Crippen MR) is 118 cm³/mol. The van der Waals surface area contributed by atoms with E-state index >= 15 is 0 Å². The summed E-state index contributed by atoms with van der Waals surface area (Å²) in [6, 6.07) is 8.17. The van der Waals surface area contributed by atoms with E-state index in [4.69, 9.17) is 9.68 Å². The summed E-state index contributed by atoms with van der Waals surface area (Å²) in [5, 5.41) is 36.5. The minimum Gasteiger partial charge on any atom is -0.507 e. The van der Waals surface area contributed by atoms with Gasteiger partial charge >= 0.3 is 5.97 Å². The molecular weight excluding hydrogens is 424 g/mol. The number of rotatable bonds is 5. The number of pyridine rings is 1. The number of hydrogen-bond donors (Lipinski definition) is 2. The minimum atomic E-state index is -1.25. The average molecular weight is 444 g/mol. The van der Waals surface area contributed by atoms with Crippen LogP contribution >= 0.6 is 0 Å². The highest BCUT2D eigenvalue weighted by Gasteiger charge is 2.27. The fourth-order valence-corrected chi connectivity index (χ4v) is 4.48. The molecular formula is C23H20N6O4. The van der Waals surface area contributed by atoms with Gasteiger partial charge in [-0.3, -0.25) is 4.98 Å². The molecule has 1 aliphatic carbocycles. The molecule has 0 amide bonds. The molecule has 3 aromatic heterocycles. The summed E-state index contributed by atoms with van der Waals surface area (Å²) < 4.78 is 7.74. The van der Waals surface area contributed by atoms with Crippen LogP contribution in [-0.4, -0.2) is 30.7 Å². The van der Waals surface area contributed by atoms with E-state index in [-0.39, 0.29) is 23.0 Å². The monoisotopic (exact) mass is 444 g/mol. The Labute approximate surface area is 187 Å². The summed E-state index contributed by atoms with van der Waals surface area (Å²) in [5.74, 6) is -0.835. The third kappa shape index (κ3) is 3.78. The van der Waals surface area contributed by atoms with Crippen LogP contribution in [0.5, 0.6) is 5.75 Å². The highest BCUT2D eigenvalue weighted by molar-refractivity contribution is 5.99. The zero-order valence-corrected chi connectivity index (χ0v) is 17.5. The van der Waals surface area contributed by atoms with E-state index in [2.05, 4.69) is 26.3 Å². The van der Waals surface area contributed by atoms with E-state index in [0.29, 0.717) is 29.4 Å². The van der Waals surface area contributed by atoms with Crippen LogP contribution in [0.25, 0.3) is 22.1 Å². The second-order valence-corrected chi connectivity index (χ2v) is 8.15. The van der Waals surface area contributed by atoms with E-state index in [1.807, 2.05) is 4.57 Å². The average Bonchev–Trinajstić information content (AvgIpc) is 3.43. The number of azo groups is 1. The number of furan rings is 1. The molecule has 10 heteroatoms. The van der Waals surface area contributed by atoms with E-state index in [9.17, 15) is 15.0 Å². The summed E-state index contributed by atoms with van der Waals surface area (Å²) in [7, 11) is 0. The van der Waals surface area contributed by atoms with Crippen LogP contribution in [0.1, 0.15) is 48.5 Å². The van der Waals surface area contributed by atoms with Gasteiger partial charge in [-0.2, -0.15) is 5.26 Å². The normalized spacial score (nSPS) is 18.8. The Bertz CT molecular complexity index is 1420. The summed E-state index contributed by atoms with van der Waals surface area (Å²) in [6.45, 7) is 0. The van der Waals surface area contributed by atoms with Crippen molar-refractivity contribution in [2.24, 2.45) is 16.1 Å². The van der Waals surface area contributed by atoms with Crippen LogP contribution in [0, 0.1) is 17.2 Å². The van der Waals surface area contributed by atoms with E-state index in [1.165, 1.54) is 18.2 Å². The van der Waals surface area contributed by atoms with Crippen molar-refractivity contribution in [3.63, 3.8) is 0 Å². The number of carboxylic acids is 1. The Morgan fingerprint density at radius 2 is 2.03 bits per heavy atom. The number of benzene rings is 1. The molecule has 0 saturated heterocycles. The molecule has 0 unspecified atom stereocenters. The quantitative estimate of drug-likeness (QED) is 0.378. The third-order valence-corrected chi connectivity index (χ3v) is 6.13. The van der Waals surface area contributed by atoms with E-state index in [0.717, 1.165) is 36.7 Å². The lowest BCUT2D eigenvalue weighted by atomic mass is 9.84. The van der Waals surface area contributed by atoms with Crippen LogP contribution < -0.4 is 0 Å². The molecule has 3 heterocycles. The van der Waals surface area contributed by atoms with Gasteiger partial charge in [-0.05, 0) is 49.8 Å². The zero-order chi connectivity index (χ0) is 22.9. The molecule has 1 aliphatic rings. The minimum absolute atomic E-state index is 0.101. The highest BCUT2D eigenvalue weighted by Crippen LogP contribution is 2.40. The largest absolute Gasteiger partial charge is 0.507 e. The standard InChI is InChI=1S/C23H20N6O4/c24-9-7-13-1-4-15(5-2-13)29-20-18(12-25-17-8-10-33-21(17)20)26-23(29)28-27-14-3-6-19(30)16(11-14)22(31)32/h3,6,8,10-13,15,30H,1-2,4-5,7H2,(H,31,32)/b28-27+/t13-,15-. The molecule has 0 spiro atoms. The molecule has 2 N–H and O–H groups in total. The molecule has 1 saturated carbocycles. The molecule has 0 bridgehead atoms. The Morgan fingerprint density at radius 3 is 2.79 bits per heavy atom. The Kier molecular flexibility index (Phi) is 5.22. The van der Waals surface area contributed by atoms with Gasteiger partial charge in [-0.25, -0.2) is 9.78 Å². The molecule has 10 nitrogen and oxygen atoms in total. The second kappa shape index (κ2) is 8.35. The van der Waals surface area contributed by atoms with Crippen LogP contribution in [0.2, 0.25) is 0 Å². The fourth-order valence-electron chi connectivity index (χ4n) is 4.48. The summed E-state index contributed by atoms with van der Waals surface area (Å²) >= 11 is 0. The van der Waals surface area contributed by atoms with Crippen molar-refractivity contribution in [3.8, 4) is 11.8 Å². The van der Waals surface area contributed by atoms with Gasteiger partial charge in [0.05, 0.1) is 24.2 Å². The summed E-state index contributed by atoms with van der Waals surface area (Å²) in [5.41, 5.74) is 2.79. The van der Waals surface area contributed by atoms with Crippen molar-refractivity contribution in [3.05, 3.63) is 42.3 Å². The Hall–Kier alpha value is -4.26. The number of aromatic nitrogens is 3. The molecule has 4 aromatic rings. The van der Waals surface area contributed by atoms with Crippen LogP contribution in [0.4, 0.5) is 11.6 Å². The molecule has 0 aliphatic heterocycles. The maximum Gasteiger partial charge on any atom is 0.339 e. The fraction of sp³-hybridized carbons (Fsp3) is 0.304. The lowest BCUT2D eigenvalue weighted by molar-refractivity contribution is 0.0693. The number of nitriles is 1. The molecule has 33 heavy (non-hydrogen) atoms. The number of aromatic hydroxyl groups is 1. The first-order valence-corrected chi connectivity index (χ1v) is 10.6. The number of phenols is 1. The zero-order valence-electron chi connectivity index (χ0n) is 17.5. The maximum absolute atomic E-state index is 11.3. The van der Waals surface area contributed by atoms with Crippen molar-refractivity contribution >= 4 is 39.7 Å². The summed E-state index contributed by atoms with van der Waals surface area (Å²) in [6.07, 6.45) is 7.42. The number of fused-ring (bicyclic) bond motifs is 3. The first-order valence-electron chi connectivity index (χ1n) is 10.6.